The number of sulfone groups is 1. The highest BCUT2D eigenvalue weighted by atomic mass is 35.5. The summed E-state index contributed by atoms with van der Waals surface area (Å²) in [5, 5.41) is 0.753. The molecule has 0 radical (unpaired) electrons. The van der Waals surface area contributed by atoms with Gasteiger partial charge in [-0.15, -0.1) is 0 Å². The van der Waals surface area contributed by atoms with E-state index < -0.39 is 9.84 Å². The number of Topliss-reactive ketones (excluding diaryl/α,β-unsaturated/α-hetero) is 1. The van der Waals surface area contributed by atoms with Crippen molar-refractivity contribution in [1.29, 1.82) is 0 Å². The van der Waals surface area contributed by atoms with Crippen molar-refractivity contribution < 1.29 is 13.2 Å². The molecule has 2 aliphatic rings. The van der Waals surface area contributed by atoms with Gasteiger partial charge in [0.15, 0.2) is 15.6 Å². The molecule has 3 heterocycles. The number of benzene rings is 1. The number of hydrogen-bond acceptors (Lipinski definition) is 5. The zero-order valence-electron chi connectivity index (χ0n) is 17.5. The van der Waals surface area contributed by atoms with Gasteiger partial charge in [0.2, 0.25) is 0 Å². The van der Waals surface area contributed by atoms with Crippen LogP contribution >= 0.6 is 11.6 Å². The number of anilines is 1. The number of ketones is 1. The Balaban J connectivity index is 1.41. The van der Waals surface area contributed by atoms with Crippen LogP contribution < -0.4 is 4.90 Å². The highest BCUT2D eigenvalue weighted by Crippen LogP contribution is 2.30. The molecule has 30 heavy (non-hydrogen) atoms. The summed E-state index contributed by atoms with van der Waals surface area (Å²) in [6.07, 6.45) is 0.621. The lowest BCUT2D eigenvalue weighted by molar-refractivity contribution is 0.0925. The Hall–Kier alpha value is -1.83. The van der Waals surface area contributed by atoms with Gasteiger partial charge in [-0.2, -0.15) is 0 Å². The van der Waals surface area contributed by atoms with Crippen molar-refractivity contribution in [3.05, 3.63) is 52.3 Å². The van der Waals surface area contributed by atoms with E-state index in [-0.39, 0.29) is 23.3 Å². The molecule has 0 unspecified atom stereocenters. The molecule has 0 N–H and O–H groups in total. The van der Waals surface area contributed by atoms with Gasteiger partial charge in [0.25, 0.3) is 0 Å². The van der Waals surface area contributed by atoms with Crippen LogP contribution in [0.5, 0.6) is 0 Å². The summed E-state index contributed by atoms with van der Waals surface area (Å²) in [5.74, 6) is 0.496. The van der Waals surface area contributed by atoms with Crippen LogP contribution in [0.1, 0.15) is 34.2 Å². The average Bonchev–Trinajstić information content (AvgIpc) is 3.20. The summed E-state index contributed by atoms with van der Waals surface area (Å²) < 4.78 is 25.8. The van der Waals surface area contributed by atoms with E-state index in [2.05, 4.69) is 9.80 Å². The molecule has 1 aromatic heterocycles. The summed E-state index contributed by atoms with van der Waals surface area (Å²) in [4.78, 5) is 17.5. The second kappa shape index (κ2) is 8.36. The summed E-state index contributed by atoms with van der Waals surface area (Å²) >= 11 is 6.31. The number of hydrogen-bond donors (Lipinski definition) is 0. The van der Waals surface area contributed by atoms with E-state index in [4.69, 9.17) is 11.6 Å². The molecule has 8 heteroatoms. The predicted octanol–water partition coefficient (Wildman–Crippen LogP) is 3.12. The molecule has 162 valence electrons. The quantitative estimate of drug-likeness (QED) is 0.656. The number of para-hydroxylation sites is 1. The molecule has 2 aliphatic heterocycles. The largest absolute Gasteiger partial charge is 0.368 e. The maximum Gasteiger partial charge on any atom is 0.178 e. The molecule has 0 bridgehead atoms. The number of aryl methyl sites for hydroxylation is 1. The van der Waals surface area contributed by atoms with E-state index >= 15 is 0 Å². The Bertz CT molecular complexity index is 1060. The fraction of sp³-hybridized carbons (Fsp3) is 0.500. The van der Waals surface area contributed by atoms with E-state index in [1.54, 1.807) is 0 Å². The van der Waals surface area contributed by atoms with Crippen LogP contribution in [0, 0.1) is 13.8 Å². The predicted molar refractivity (Wildman–Crippen MR) is 121 cm³/mol. The molecule has 0 amide bonds. The zero-order chi connectivity index (χ0) is 21.5. The van der Waals surface area contributed by atoms with E-state index in [0.29, 0.717) is 18.5 Å². The lowest BCUT2D eigenvalue weighted by atomic mass is 10.1. The topological polar surface area (TPSA) is 62.6 Å². The standard InChI is InChI=1S/C22H28ClN3O3S/c1-16-13-19(17(2)26(16)18-7-12-30(28,29)15-18)22(27)14-24-8-10-25(11-9-24)21-6-4-3-5-20(21)23/h3-6,13,18H,7-12,14-15H2,1-2H3/t18-/m0/s1. The Labute approximate surface area is 183 Å². The Morgan fingerprint density at radius 1 is 1.13 bits per heavy atom. The number of halogens is 1. The van der Waals surface area contributed by atoms with Crippen molar-refractivity contribution in [2.75, 3.05) is 49.1 Å². The minimum atomic E-state index is -2.97. The SMILES string of the molecule is Cc1cc(C(=O)CN2CCN(c3ccccc3Cl)CC2)c(C)n1[C@H]1CCS(=O)(=O)C1. The second-order valence-corrected chi connectivity index (χ2v) is 11.0. The van der Waals surface area contributed by atoms with Crippen LogP contribution in [0.3, 0.4) is 0 Å². The van der Waals surface area contributed by atoms with Gasteiger partial charge in [0, 0.05) is 49.2 Å². The Morgan fingerprint density at radius 3 is 2.47 bits per heavy atom. The van der Waals surface area contributed by atoms with Crippen LogP contribution in [0.15, 0.2) is 30.3 Å². The first-order valence-electron chi connectivity index (χ1n) is 10.4. The molecule has 6 nitrogen and oxygen atoms in total. The van der Waals surface area contributed by atoms with Gasteiger partial charge < -0.3 is 9.47 Å². The number of nitrogens with zero attached hydrogens (tertiary/aromatic N) is 3. The summed E-state index contributed by atoms with van der Waals surface area (Å²) in [6.45, 7) is 7.53. The smallest absolute Gasteiger partial charge is 0.178 e. The fourth-order valence-corrected chi connectivity index (χ4v) is 6.70. The number of carbonyl (C=O) groups is 1. The molecule has 0 aliphatic carbocycles. The van der Waals surface area contributed by atoms with Gasteiger partial charge in [-0.25, -0.2) is 8.42 Å². The van der Waals surface area contributed by atoms with Crippen LogP contribution in [0.2, 0.25) is 5.02 Å². The first kappa shape index (κ1) is 21.4. The molecule has 0 saturated carbocycles. The molecule has 2 aromatic rings. The first-order chi connectivity index (χ1) is 14.2. The van der Waals surface area contributed by atoms with E-state index in [9.17, 15) is 13.2 Å². The van der Waals surface area contributed by atoms with Crippen LogP contribution in [0.4, 0.5) is 5.69 Å². The van der Waals surface area contributed by atoms with Gasteiger partial charge in [0.1, 0.15) is 0 Å². The Kier molecular flexibility index (Phi) is 5.97. The molecule has 1 aromatic carbocycles. The van der Waals surface area contributed by atoms with E-state index in [1.165, 1.54) is 0 Å². The zero-order valence-corrected chi connectivity index (χ0v) is 19.0. The molecule has 2 fully saturated rings. The van der Waals surface area contributed by atoms with Crippen molar-refractivity contribution in [2.45, 2.75) is 26.3 Å². The maximum absolute atomic E-state index is 13.0. The van der Waals surface area contributed by atoms with Crippen molar-refractivity contribution in [3.8, 4) is 0 Å². The summed E-state index contributed by atoms with van der Waals surface area (Å²) in [5.41, 5.74) is 3.60. The molecule has 1 atom stereocenters. The molecule has 4 rings (SSSR count). The van der Waals surface area contributed by atoms with Gasteiger partial charge in [0.05, 0.1) is 28.8 Å². The number of piperazine rings is 1. The minimum Gasteiger partial charge on any atom is -0.368 e. The van der Waals surface area contributed by atoms with Crippen molar-refractivity contribution in [3.63, 3.8) is 0 Å². The third-order valence-electron chi connectivity index (χ3n) is 6.29. The van der Waals surface area contributed by atoms with Gasteiger partial charge in [-0.1, -0.05) is 23.7 Å². The molecule has 0 spiro atoms. The number of aromatic nitrogens is 1. The molecular weight excluding hydrogens is 422 g/mol. The highest BCUT2D eigenvalue weighted by molar-refractivity contribution is 7.91. The molecule has 2 saturated heterocycles. The van der Waals surface area contributed by atoms with Crippen molar-refractivity contribution in [2.24, 2.45) is 0 Å². The van der Waals surface area contributed by atoms with E-state index in [0.717, 1.165) is 48.3 Å². The number of rotatable bonds is 5. The lowest BCUT2D eigenvalue weighted by Gasteiger charge is -2.36. The maximum atomic E-state index is 13.0. The summed E-state index contributed by atoms with van der Waals surface area (Å²) in [7, 11) is -2.97. The van der Waals surface area contributed by atoms with Crippen molar-refractivity contribution >= 4 is 32.9 Å². The minimum absolute atomic E-state index is 0.0595. The van der Waals surface area contributed by atoms with Gasteiger partial charge in [-0.3, -0.25) is 9.69 Å². The lowest BCUT2D eigenvalue weighted by Crippen LogP contribution is -2.48. The average molecular weight is 450 g/mol. The second-order valence-electron chi connectivity index (χ2n) is 8.35. The van der Waals surface area contributed by atoms with Gasteiger partial charge >= 0.3 is 0 Å². The van der Waals surface area contributed by atoms with Crippen molar-refractivity contribution in [1.82, 2.24) is 9.47 Å². The summed E-state index contributed by atoms with van der Waals surface area (Å²) in [6, 6.07) is 9.71. The van der Waals surface area contributed by atoms with Gasteiger partial charge in [-0.05, 0) is 38.5 Å². The molecular formula is C22H28ClN3O3S. The first-order valence-corrected chi connectivity index (χ1v) is 12.6. The number of carbonyl (C=O) groups excluding carboxylic acids is 1. The normalized spacial score (nSPS) is 21.8. The van der Waals surface area contributed by atoms with Crippen LogP contribution in [-0.4, -0.2) is 67.9 Å². The third-order valence-corrected chi connectivity index (χ3v) is 8.36. The highest BCUT2D eigenvalue weighted by Gasteiger charge is 2.32. The van der Waals surface area contributed by atoms with E-state index in [1.807, 2.05) is 48.7 Å². The fourth-order valence-electron chi connectivity index (χ4n) is 4.74. The monoisotopic (exact) mass is 449 g/mol. The van der Waals surface area contributed by atoms with Crippen LogP contribution in [-0.2, 0) is 9.84 Å². The van der Waals surface area contributed by atoms with Crippen LogP contribution in [0.25, 0.3) is 0 Å². The third kappa shape index (κ3) is 4.29. The Morgan fingerprint density at radius 2 is 1.83 bits per heavy atom.